The second kappa shape index (κ2) is 14.0. The number of rotatable bonds is 11. The van der Waals surface area contributed by atoms with Gasteiger partial charge in [0.1, 0.15) is 5.75 Å². The quantitative estimate of drug-likeness (QED) is 0.145. The lowest BCUT2D eigenvalue weighted by Gasteiger charge is -2.25. The minimum absolute atomic E-state index is 0.0706. The molecule has 0 spiro atoms. The van der Waals surface area contributed by atoms with E-state index in [0.29, 0.717) is 32.7 Å². The number of hydrogen-bond acceptors (Lipinski definition) is 5. The summed E-state index contributed by atoms with van der Waals surface area (Å²) in [7, 11) is -3.93. The first kappa shape index (κ1) is 31.8. The van der Waals surface area contributed by atoms with Crippen LogP contribution in [0.25, 0.3) is 0 Å². The number of carbonyl (C=O) groups is 2. The number of benzene rings is 5. The molecule has 5 rings (SSSR count). The summed E-state index contributed by atoms with van der Waals surface area (Å²) in [5.41, 5.74) is 3.12. The first-order valence-corrected chi connectivity index (χ1v) is 16.1. The zero-order valence-electron chi connectivity index (χ0n) is 24.1. The molecule has 0 atom stereocenters. The number of hydrogen-bond donors (Lipinski definition) is 1. The van der Waals surface area contributed by atoms with Crippen LogP contribution in [-0.2, 0) is 21.4 Å². The molecule has 0 saturated heterocycles. The normalized spacial score (nSPS) is 11.1. The Labute approximate surface area is 272 Å². The topological polar surface area (TPSA) is 92.8 Å². The molecule has 228 valence electrons. The van der Waals surface area contributed by atoms with Gasteiger partial charge in [-0.1, -0.05) is 83.4 Å². The average molecular weight is 660 g/mol. The third-order valence-electron chi connectivity index (χ3n) is 6.88. The van der Waals surface area contributed by atoms with E-state index in [-0.39, 0.29) is 29.4 Å². The van der Waals surface area contributed by atoms with Crippen LogP contribution in [0, 0.1) is 6.92 Å². The Morgan fingerprint density at radius 3 is 2.09 bits per heavy atom. The number of ether oxygens (including phenoxy) is 1. The maximum atomic E-state index is 13.8. The highest BCUT2D eigenvalue weighted by atomic mass is 35.5. The first-order valence-electron chi connectivity index (χ1n) is 13.9. The van der Waals surface area contributed by atoms with Gasteiger partial charge in [0, 0.05) is 21.2 Å². The van der Waals surface area contributed by atoms with Crippen LogP contribution in [0.2, 0.25) is 10.0 Å². The van der Waals surface area contributed by atoms with Crippen LogP contribution in [-0.4, -0.2) is 26.7 Å². The maximum absolute atomic E-state index is 13.8. The van der Waals surface area contributed by atoms with E-state index < -0.39 is 15.9 Å². The van der Waals surface area contributed by atoms with E-state index in [1.807, 2.05) is 13.0 Å². The van der Waals surface area contributed by atoms with E-state index in [1.165, 1.54) is 10.4 Å². The van der Waals surface area contributed by atoms with Gasteiger partial charge in [-0.2, -0.15) is 0 Å². The van der Waals surface area contributed by atoms with Crippen molar-refractivity contribution in [1.82, 2.24) is 0 Å². The summed E-state index contributed by atoms with van der Waals surface area (Å²) >= 11 is 12.2. The first-order chi connectivity index (χ1) is 21.6. The molecule has 0 bridgehead atoms. The summed E-state index contributed by atoms with van der Waals surface area (Å²) < 4.78 is 34.5. The number of amides is 1. The standard InChI is InChI=1S/C35H28Cl2N2O5S/c1-24-7-18-31(19-8-24)45(42,43)39(22-25-9-11-27(36)12-10-25)29-14-16-30(17-15-29)44-23-34(40)38-33-20-13-28(37)21-32(33)35(41)26-5-3-2-4-6-26/h2-21H,22-23H2,1H3,(H,38,40). The van der Waals surface area contributed by atoms with Gasteiger partial charge in [0.15, 0.2) is 12.4 Å². The Morgan fingerprint density at radius 2 is 1.42 bits per heavy atom. The molecular weight excluding hydrogens is 631 g/mol. The van der Waals surface area contributed by atoms with Crippen molar-refractivity contribution in [2.24, 2.45) is 0 Å². The number of carbonyl (C=O) groups excluding carboxylic acids is 2. The fraction of sp³-hybridized carbons (Fsp3) is 0.0857. The van der Waals surface area contributed by atoms with Gasteiger partial charge >= 0.3 is 0 Å². The van der Waals surface area contributed by atoms with Crippen molar-refractivity contribution in [2.75, 3.05) is 16.2 Å². The predicted octanol–water partition coefficient (Wildman–Crippen LogP) is 7.95. The Morgan fingerprint density at radius 1 is 0.778 bits per heavy atom. The van der Waals surface area contributed by atoms with Crippen molar-refractivity contribution in [3.63, 3.8) is 0 Å². The predicted molar refractivity (Wildman–Crippen MR) is 178 cm³/mol. The second-order valence-electron chi connectivity index (χ2n) is 10.2. The van der Waals surface area contributed by atoms with Gasteiger partial charge in [0.05, 0.1) is 22.8 Å². The Hall–Kier alpha value is -4.63. The van der Waals surface area contributed by atoms with Gasteiger partial charge in [-0.25, -0.2) is 8.42 Å². The van der Waals surface area contributed by atoms with E-state index >= 15 is 0 Å². The summed E-state index contributed by atoms with van der Waals surface area (Å²) in [5.74, 6) is -0.423. The number of nitrogens with one attached hydrogen (secondary N) is 1. The molecule has 0 unspecified atom stereocenters. The number of halogens is 2. The number of anilines is 2. The van der Waals surface area contributed by atoms with Gasteiger partial charge in [0.2, 0.25) is 0 Å². The molecular formula is C35H28Cl2N2O5S. The van der Waals surface area contributed by atoms with Crippen molar-refractivity contribution in [2.45, 2.75) is 18.4 Å². The second-order valence-corrected chi connectivity index (χ2v) is 12.9. The molecule has 0 saturated carbocycles. The lowest BCUT2D eigenvalue weighted by molar-refractivity contribution is -0.118. The van der Waals surface area contributed by atoms with Crippen LogP contribution >= 0.6 is 23.2 Å². The van der Waals surface area contributed by atoms with Gasteiger partial charge in [0.25, 0.3) is 15.9 Å². The van der Waals surface area contributed by atoms with Crippen LogP contribution in [0.15, 0.2) is 126 Å². The van der Waals surface area contributed by atoms with Crippen LogP contribution in [0.4, 0.5) is 11.4 Å². The van der Waals surface area contributed by atoms with E-state index in [9.17, 15) is 18.0 Å². The van der Waals surface area contributed by atoms with Crippen LogP contribution in [0.3, 0.4) is 0 Å². The van der Waals surface area contributed by atoms with Gasteiger partial charge in [-0.15, -0.1) is 0 Å². The van der Waals surface area contributed by atoms with E-state index in [4.69, 9.17) is 27.9 Å². The molecule has 7 nitrogen and oxygen atoms in total. The molecule has 0 heterocycles. The van der Waals surface area contributed by atoms with Crippen LogP contribution in [0.5, 0.6) is 5.75 Å². The third-order valence-corrected chi connectivity index (χ3v) is 9.15. The minimum Gasteiger partial charge on any atom is -0.484 e. The summed E-state index contributed by atoms with van der Waals surface area (Å²) in [5, 5.41) is 3.63. The Kier molecular flexibility index (Phi) is 9.88. The SMILES string of the molecule is Cc1ccc(S(=O)(=O)N(Cc2ccc(Cl)cc2)c2ccc(OCC(=O)Nc3ccc(Cl)cc3C(=O)c3ccccc3)cc2)cc1. The van der Waals surface area contributed by atoms with Crippen LogP contribution in [0.1, 0.15) is 27.0 Å². The number of aryl methyl sites for hydroxylation is 1. The van der Waals surface area contributed by atoms with Crippen molar-refractivity contribution in [3.8, 4) is 5.75 Å². The molecule has 0 aromatic heterocycles. The summed E-state index contributed by atoms with van der Waals surface area (Å²) in [6, 6.07) is 33.4. The Balaban J connectivity index is 1.31. The lowest BCUT2D eigenvalue weighted by atomic mass is 10.0. The summed E-state index contributed by atoms with van der Waals surface area (Å²) in [6.45, 7) is 1.61. The van der Waals surface area contributed by atoms with Gasteiger partial charge in [-0.05, 0) is 79.2 Å². The van der Waals surface area contributed by atoms with Crippen molar-refractivity contribution in [3.05, 3.63) is 154 Å². The van der Waals surface area contributed by atoms with Gasteiger partial charge in [-0.3, -0.25) is 13.9 Å². The molecule has 45 heavy (non-hydrogen) atoms. The summed E-state index contributed by atoms with van der Waals surface area (Å²) in [4.78, 5) is 26.1. The fourth-order valence-electron chi connectivity index (χ4n) is 4.51. The van der Waals surface area contributed by atoms with Crippen LogP contribution < -0.4 is 14.4 Å². The molecule has 0 aliphatic carbocycles. The summed E-state index contributed by atoms with van der Waals surface area (Å²) in [6.07, 6.45) is 0. The molecule has 5 aromatic rings. The minimum atomic E-state index is -3.93. The smallest absolute Gasteiger partial charge is 0.264 e. The average Bonchev–Trinajstić information content (AvgIpc) is 3.05. The monoisotopic (exact) mass is 658 g/mol. The maximum Gasteiger partial charge on any atom is 0.264 e. The van der Waals surface area contributed by atoms with Gasteiger partial charge < -0.3 is 10.1 Å². The molecule has 0 aliphatic heterocycles. The highest BCUT2D eigenvalue weighted by Gasteiger charge is 2.25. The number of nitrogens with zero attached hydrogens (tertiary/aromatic N) is 1. The highest BCUT2D eigenvalue weighted by molar-refractivity contribution is 7.92. The molecule has 0 fully saturated rings. The van der Waals surface area contributed by atoms with Crippen molar-refractivity contribution >= 4 is 56.3 Å². The number of ketones is 1. The molecule has 5 aromatic carbocycles. The molecule has 1 N–H and O–H groups in total. The molecule has 0 aliphatic rings. The molecule has 1 amide bonds. The number of sulfonamides is 1. The van der Waals surface area contributed by atoms with E-state index in [1.54, 1.807) is 109 Å². The fourth-order valence-corrected chi connectivity index (χ4v) is 6.26. The zero-order chi connectivity index (χ0) is 32.0. The molecule has 0 radical (unpaired) electrons. The van der Waals surface area contributed by atoms with E-state index in [2.05, 4.69) is 5.32 Å². The lowest BCUT2D eigenvalue weighted by Crippen LogP contribution is -2.30. The van der Waals surface area contributed by atoms with Crippen molar-refractivity contribution < 1.29 is 22.7 Å². The van der Waals surface area contributed by atoms with Crippen molar-refractivity contribution in [1.29, 1.82) is 0 Å². The third kappa shape index (κ3) is 7.91. The Bertz CT molecular complexity index is 1910. The molecule has 10 heteroatoms. The highest BCUT2D eigenvalue weighted by Crippen LogP contribution is 2.29. The zero-order valence-corrected chi connectivity index (χ0v) is 26.4. The van der Waals surface area contributed by atoms with E-state index in [0.717, 1.165) is 11.1 Å². The largest absolute Gasteiger partial charge is 0.484 e.